The van der Waals surface area contributed by atoms with Crippen LogP contribution in [0.15, 0.2) is 66.1 Å². The quantitative estimate of drug-likeness (QED) is 0.651. The summed E-state index contributed by atoms with van der Waals surface area (Å²) in [6.45, 7) is 4.79. The first kappa shape index (κ1) is 16.9. The summed E-state index contributed by atoms with van der Waals surface area (Å²) in [5, 5.41) is 0.635. The molecule has 0 saturated carbocycles. The van der Waals surface area contributed by atoms with Crippen molar-refractivity contribution in [2.24, 2.45) is 0 Å². The van der Waals surface area contributed by atoms with Gasteiger partial charge in [0.25, 0.3) is 0 Å². The van der Waals surface area contributed by atoms with Gasteiger partial charge in [-0.25, -0.2) is 4.98 Å². The molecule has 0 aliphatic carbocycles. The third kappa shape index (κ3) is 3.15. The summed E-state index contributed by atoms with van der Waals surface area (Å²) in [4.78, 5) is 19.4. The van der Waals surface area contributed by atoms with Crippen LogP contribution >= 0.6 is 11.8 Å². The highest BCUT2D eigenvalue weighted by atomic mass is 32.2. The predicted molar refractivity (Wildman–Crippen MR) is 106 cm³/mol. The summed E-state index contributed by atoms with van der Waals surface area (Å²) in [5.74, 6) is 0.138. The molecule has 1 aliphatic heterocycles. The summed E-state index contributed by atoms with van der Waals surface area (Å²) in [5.41, 5.74) is 4.56. The van der Waals surface area contributed by atoms with Crippen LogP contribution in [0.4, 0.5) is 5.69 Å². The van der Waals surface area contributed by atoms with Gasteiger partial charge in [0, 0.05) is 30.3 Å². The summed E-state index contributed by atoms with van der Waals surface area (Å²) >= 11 is 1.51. The number of amides is 1. The second-order valence-electron chi connectivity index (χ2n) is 6.55. The molecule has 0 bridgehead atoms. The Morgan fingerprint density at radius 1 is 1.19 bits per heavy atom. The lowest BCUT2D eigenvalue weighted by molar-refractivity contribution is -0.117. The van der Waals surface area contributed by atoms with Crippen molar-refractivity contribution in [1.29, 1.82) is 0 Å². The fourth-order valence-electron chi connectivity index (χ4n) is 3.35. The van der Waals surface area contributed by atoms with Crippen molar-refractivity contribution in [3.8, 4) is 5.69 Å². The molecule has 0 fully saturated rings. The Kier molecular flexibility index (Phi) is 4.55. The lowest BCUT2D eigenvalue weighted by Gasteiger charge is -2.21. The molecule has 1 aliphatic rings. The summed E-state index contributed by atoms with van der Waals surface area (Å²) < 4.78 is 2.04. The van der Waals surface area contributed by atoms with Gasteiger partial charge < -0.3 is 4.90 Å². The Morgan fingerprint density at radius 2 is 2.04 bits per heavy atom. The maximum absolute atomic E-state index is 13.0. The molecule has 4 rings (SSSR count). The molecule has 0 radical (unpaired) electrons. The van der Waals surface area contributed by atoms with Crippen molar-refractivity contribution in [3.63, 3.8) is 0 Å². The normalized spacial score (nSPS) is 14.3. The molecule has 1 amide bonds. The molecule has 26 heavy (non-hydrogen) atoms. The molecule has 5 heteroatoms. The van der Waals surface area contributed by atoms with Crippen molar-refractivity contribution in [1.82, 2.24) is 9.55 Å². The summed E-state index contributed by atoms with van der Waals surface area (Å²) in [7, 11) is 0. The van der Waals surface area contributed by atoms with E-state index in [4.69, 9.17) is 0 Å². The molecular formula is C21H21N3OS. The summed E-state index contributed by atoms with van der Waals surface area (Å²) in [6.07, 6.45) is 4.66. The number of aryl methyl sites for hydroxylation is 1. The fourth-order valence-corrected chi connectivity index (χ4v) is 4.29. The van der Waals surface area contributed by atoms with Crippen LogP contribution in [-0.4, -0.2) is 27.3 Å². The van der Waals surface area contributed by atoms with Crippen molar-refractivity contribution in [2.45, 2.75) is 30.7 Å². The average molecular weight is 363 g/mol. The highest BCUT2D eigenvalue weighted by Crippen LogP contribution is 2.31. The standard InChI is InChI=1S/C21H21N3OS/c1-15-6-5-8-18(14-15)23-13-11-22-21(23)26-16(2)20(25)24-12-10-17-7-3-4-9-19(17)24/h3-9,11,13-14,16H,10,12H2,1-2H3/t16-/m1/s1. The largest absolute Gasteiger partial charge is 0.311 e. The van der Waals surface area contributed by atoms with E-state index in [1.165, 1.54) is 22.9 Å². The fraction of sp³-hybridized carbons (Fsp3) is 0.238. The molecular weight excluding hydrogens is 342 g/mol. The zero-order valence-electron chi connectivity index (χ0n) is 14.9. The SMILES string of the molecule is Cc1cccc(-n2ccnc2S[C@H](C)C(=O)N2CCc3ccccc32)c1. The second-order valence-corrected chi connectivity index (χ2v) is 7.86. The Labute approximate surface area is 157 Å². The third-order valence-electron chi connectivity index (χ3n) is 4.67. The first-order chi connectivity index (χ1) is 12.6. The van der Waals surface area contributed by atoms with Gasteiger partial charge in [0.05, 0.1) is 5.25 Å². The van der Waals surface area contributed by atoms with Crippen LogP contribution < -0.4 is 4.90 Å². The second kappa shape index (κ2) is 7.00. The van der Waals surface area contributed by atoms with E-state index in [2.05, 4.69) is 36.2 Å². The molecule has 2 heterocycles. The minimum absolute atomic E-state index is 0.138. The van der Waals surface area contributed by atoms with Crippen molar-refractivity contribution >= 4 is 23.4 Å². The van der Waals surface area contributed by atoms with Crippen LogP contribution in [0.5, 0.6) is 0 Å². The first-order valence-electron chi connectivity index (χ1n) is 8.80. The van der Waals surface area contributed by atoms with Crippen molar-refractivity contribution in [3.05, 3.63) is 72.1 Å². The van der Waals surface area contributed by atoms with E-state index in [1.807, 2.05) is 46.9 Å². The maximum Gasteiger partial charge on any atom is 0.240 e. The van der Waals surface area contributed by atoms with E-state index in [0.717, 1.165) is 29.5 Å². The molecule has 1 aromatic heterocycles. The molecule has 2 aromatic carbocycles. The smallest absolute Gasteiger partial charge is 0.240 e. The number of aromatic nitrogens is 2. The van der Waals surface area contributed by atoms with E-state index in [1.54, 1.807) is 6.20 Å². The minimum atomic E-state index is -0.202. The monoisotopic (exact) mass is 363 g/mol. The van der Waals surface area contributed by atoms with Gasteiger partial charge in [-0.15, -0.1) is 0 Å². The lowest BCUT2D eigenvalue weighted by atomic mass is 10.2. The van der Waals surface area contributed by atoms with Crippen LogP contribution in [0.1, 0.15) is 18.1 Å². The topological polar surface area (TPSA) is 38.1 Å². The predicted octanol–water partition coefficient (Wildman–Crippen LogP) is 4.25. The van der Waals surface area contributed by atoms with Crippen LogP contribution in [-0.2, 0) is 11.2 Å². The number of fused-ring (bicyclic) bond motifs is 1. The number of hydrogen-bond acceptors (Lipinski definition) is 3. The maximum atomic E-state index is 13.0. The molecule has 0 N–H and O–H groups in total. The van der Waals surface area contributed by atoms with E-state index in [9.17, 15) is 4.79 Å². The lowest BCUT2D eigenvalue weighted by Crippen LogP contribution is -2.35. The van der Waals surface area contributed by atoms with Crippen LogP contribution in [0.3, 0.4) is 0 Å². The Bertz CT molecular complexity index is 950. The van der Waals surface area contributed by atoms with Gasteiger partial charge in [-0.05, 0) is 49.6 Å². The number of hydrogen-bond donors (Lipinski definition) is 0. The van der Waals surface area contributed by atoms with Crippen molar-refractivity contribution < 1.29 is 4.79 Å². The van der Waals surface area contributed by atoms with Gasteiger partial charge in [0.2, 0.25) is 5.91 Å². The van der Waals surface area contributed by atoms with Gasteiger partial charge in [-0.3, -0.25) is 9.36 Å². The van der Waals surface area contributed by atoms with Gasteiger partial charge in [-0.1, -0.05) is 42.1 Å². The van der Waals surface area contributed by atoms with Crippen molar-refractivity contribution in [2.75, 3.05) is 11.4 Å². The number of benzene rings is 2. The van der Waals surface area contributed by atoms with E-state index < -0.39 is 0 Å². The van der Waals surface area contributed by atoms with Gasteiger partial charge in [0.15, 0.2) is 5.16 Å². The number of imidazole rings is 1. The average Bonchev–Trinajstić information content (AvgIpc) is 3.28. The van der Waals surface area contributed by atoms with Crippen LogP contribution in [0, 0.1) is 6.92 Å². The first-order valence-corrected chi connectivity index (χ1v) is 9.68. The van der Waals surface area contributed by atoms with E-state index in [0.29, 0.717) is 0 Å². The highest BCUT2D eigenvalue weighted by molar-refractivity contribution is 8.00. The molecule has 0 unspecified atom stereocenters. The van der Waals surface area contributed by atoms with Gasteiger partial charge in [0.1, 0.15) is 0 Å². The third-order valence-corrected chi connectivity index (χ3v) is 5.74. The summed E-state index contributed by atoms with van der Waals surface area (Å²) in [6, 6.07) is 16.4. The molecule has 4 nitrogen and oxygen atoms in total. The molecule has 1 atom stereocenters. The number of anilines is 1. The molecule has 3 aromatic rings. The van der Waals surface area contributed by atoms with Gasteiger partial charge in [-0.2, -0.15) is 0 Å². The van der Waals surface area contributed by atoms with E-state index in [-0.39, 0.29) is 11.2 Å². The number of nitrogens with zero attached hydrogens (tertiary/aromatic N) is 3. The van der Waals surface area contributed by atoms with Crippen LogP contribution in [0.2, 0.25) is 0 Å². The number of thioether (sulfide) groups is 1. The Morgan fingerprint density at radius 3 is 2.88 bits per heavy atom. The Balaban J connectivity index is 1.54. The number of para-hydroxylation sites is 1. The Hall–Kier alpha value is -2.53. The molecule has 0 saturated heterocycles. The van der Waals surface area contributed by atoms with E-state index >= 15 is 0 Å². The number of carbonyl (C=O) groups is 1. The van der Waals surface area contributed by atoms with Gasteiger partial charge >= 0.3 is 0 Å². The highest BCUT2D eigenvalue weighted by Gasteiger charge is 2.29. The zero-order valence-corrected chi connectivity index (χ0v) is 15.7. The minimum Gasteiger partial charge on any atom is -0.311 e. The van der Waals surface area contributed by atoms with Crippen LogP contribution in [0.25, 0.3) is 5.69 Å². The number of carbonyl (C=O) groups excluding carboxylic acids is 1. The molecule has 132 valence electrons. The molecule has 0 spiro atoms. The number of rotatable bonds is 4. The zero-order chi connectivity index (χ0) is 18.1.